The van der Waals surface area contributed by atoms with Gasteiger partial charge in [-0.15, -0.1) is 0 Å². The first-order valence-electron chi connectivity index (χ1n) is 13.6. The van der Waals surface area contributed by atoms with Gasteiger partial charge in [0.05, 0.1) is 5.69 Å². The van der Waals surface area contributed by atoms with E-state index in [2.05, 4.69) is 26.1 Å². The number of nitrogens with zero attached hydrogens (tertiary/aromatic N) is 1. The van der Waals surface area contributed by atoms with Gasteiger partial charge in [0, 0.05) is 23.6 Å². The number of furan rings is 1. The molecular weight excluding hydrogens is 492 g/mol. The van der Waals surface area contributed by atoms with Crippen molar-refractivity contribution in [2.45, 2.75) is 66.5 Å². The van der Waals surface area contributed by atoms with Gasteiger partial charge in [-0.2, -0.15) is 0 Å². The fraction of sp³-hybridized carbons (Fsp3) is 0.375. The number of aromatic hydroxyl groups is 1. The van der Waals surface area contributed by atoms with Crippen LogP contribution < -0.4 is 15.0 Å². The first-order valence-corrected chi connectivity index (χ1v) is 13.6. The van der Waals surface area contributed by atoms with E-state index in [1.807, 2.05) is 50.2 Å². The lowest BCUT2D eigenvalue weighted by Gasteiger charge is -2.36. The van der Waals surface area contributed by atoms with Gasteiger partial charge in [-0.05, 0) is 60.2 Å². The number of amides is 1. The van der Waals surface area contributed by atoms with Crippen molar-refractivity contribution in [3.8, 4) is 11.5 Å². The van der Waals surface area contributed by atoms with Crippen molar-refractivity contribution in [3.63, 3.8) is 0 Å². The number of benzene rings is 2. The third-order valence-corrected chi connectivity index (χ3v) is 7.40. The summed E-state index contributed by atoms with van der Waals surface area (Å²) < 4.78 is 12.3. The number of phenols is 1. The predicted molar refractivity (Wildman–Crippen MR) is 151 cm³/mol. The van der Waals surface area contributed by atoms with Crippen molar-refractivity contribution in [3.05, 3.63) is 83.0 Å². The molecule has 1 unspecified atom stereocenters. The monoisotopic (exact) mass is 528 g/mol. The quantitative estimate of drug-likeness (QED) is 0.337. The van der Waals surface area contributed by atoms with E-state index in [1.54, 1.807) is 23.1 Å². The van der Waals surface area contributed by atoms with Crippen molar-refractivity contribution in [2.75, 3.05) is 10.2 Å². The van der Waals surface area contributed by atoms with Gasteiger partial charge in [-0.1, -0.05) is 52.8 Å². The Kier molecular flexibility index (Phi) is 7.02. The average molecular weight is 529 g/mol. The van der Waals surface area contributed by atoms with Crippen molar-refractivity contribution < 1.29 is 23.8 Å². The Bertz CT molecular complexity index is 1430. The summed E-state index contributed by atoms with van der Waals surface area (Å²) in [6, 6.07) is 15.9. The summed E-state index contributed by atoms with van der Waals surface area (Å²) in [5, 5.41) is 14.2. The molecule has 7 heteroatoms. The Hall–Kier alpha value is -4.00. The molecule has 1 aliphatic heterocycles. The number of anilines is 2. The summed E-state index contributed by atoms with van der Waals surface area (Å²) in [5.74, 6) is 1.23. The lowest BCUT2D eigenvalue weighted by molar-refractivity contribution is -0.122. The molecule has 2 N–H and O–H groups in total. The summed E-state index contributed by atoms with van der Waals surface area (Å²) in [7, 11) is 0. The molecule has 0 spiro atoms. The zero-order valence-corrected chi connectivity index (χ0v) is 23.2. The molecule has 204 valence electrons. The standard InChI is InChI=1S/C32H36N2O5/c1-6-20-10-12-21(13-11-20)38-18-22-14-15-27(39-22)30-28-23(16-32(4,5)17-26(28)36)33-29-24(8-7-9-25(29)35)34(30)31(37)19(2)3/h7-15,19,30,33,35H,6,16-18H2,1-5H3. The maximum atomic E-state index is 13.8. The lowest BCUT2D eigenvalue weighted by Crippen LogP contribution is -2.41. The molecule has 0 saturated heterocycles. The molecule has 2 aliphatic rings. The lowest BCUT2D eigenvalue weighted by atomic mass is 9.74. The van der Waals surface area contributed by atoms with Crippen molar-refractivity contribution in [1.82, 2.24) is 0 Å². The largest absolute Gasteiger partial charge is 0.506 e. The van der Waals surface area contributed by atoms with Crippen molar-refractivity contribution in [1.29, 1.82) is 0 Å². The predicted octanol–water partition coefficient (Wildman–Crippen LogP) is 6.93. The van der Waals surface area contributed by atoms with Crippen LogP contribution in [0.25, 0.3) is 0 Å². The smallest absolute Gasteiger partial charge is 0.230 e. The first-order chi connectivity index (χ1) is 18.6. The van der Waals surface area contributed by atoms with Crippen LogP contribution in [-0.2, 0) is 22.6 Å². The van der Waals surface area contributed by atoms with Gasteiger partial charge >= 0.3 is 0 Å². The van der Waals surface area contributed by atoms with Crippen LogP contribution in [0.5, 0.6) is 11.5 Å². The highest BCUT2D eigenvalue weighted by Crippen LogP contribution is 2.50. The molecule has 1 aliphatic carbocycles. The van der Waals surface area contributed by atoms with E-state index in [-0.39, 0.29) is 35.4 Å². The van der Waals surface area contributed by atoms with E-state index in [9.17, 15) is 14.7 Å². The molecule has 7 nitrogen and oxygen atoms in total. The molecule has 5 rings (SSSR count). The molecule has 0 bridgehead atoms. The second kappa shape index (κ2) is 10.3. The highest BCUT2D eigenvalue weighted by Gasteiger charge is 2.45. The fourth-order valence-electron chi connectivity index (χ4n) is 5.43. The Balaban J connectivity index is 1.59. The number of Topliss-reactive ketones (excluding diaryl/α,β-unsaturated/α-hetero) is 1. The van der Waals surface area contributed by atoms with Crippen LogP contribution in [0.1, 0.15) is 70.6 Å². The minimum atomic E-state index is -0.786. The molecular formula is C32H36N2O5. The zero-order valence-electron chi connectivity index (χ0n) is 23.2. The minimum absolute atomic E-state index is 0.0139. The maximum absolute atomic E-state index is 13.8. The number of hydrogen-bond acceptors (Lipinski definition) is 6. The van der Waals surface area contributed by atoms with Crippen LogP contribution in [0.3, 0.4) is 0 Å². The molecule has 1 aromatic heterocycles. The van der Waals surface area contributed by atoms with Gasteiger partial charge in [0.2, 0.25) is 5.91 Å². The molecule has 0 fully saturated rings. The van der Waals surface area contributed by atoms with Gasteiger partial charge in [-0.25, -0.2) is 0 Å². The van der Waals surface area contributed by atoms with E-state index < -0.39 is 6.04 Å². The second-order valence-corrected chi connectivity index (χ2v) is 11.5. The third-order valence-electron chi connectivity index (χ3n) is 7.40. The topological polar surface area (TPSA) is 92.0 Å². The van der Waals surface area contributed by atoms with Gasteiger partial charge in [0.15, 0.2) is 5.78 Å². The molecule has 2 aromatic carbocycles. The van der Waals surface area contributed by atoms with E-state index in [0.29, 0.717) is 47.0 Å². The van der Waals surface area contributed by atoms with Crippen molar-refractivity contribution in [2.24, 2.45) is 11.3 Å². The van der Waals surface area contributed by atoms with Gasteiger partial charge in [0.25, 0.3) is 0 Å². The van der Waals surface area contributed by atoms with Crippen LogP contribution in [0.2, 0.25) is 0 Å². The minimum Gasteiger partial charge on any atom is -0.506 e. The van der Waals surface area contributed by atoms with Crippen LogP contribution in [0.4, 0.5) is 11.4 Å². The van der Waals surface area contributed by atoms with Crippen LogP contribution in [-0.4, -0.2) is 16.8 Å². The molecule has 2 heterocycles. The number of nitrogens with one attached hydrogen (secondary N) is 1. The molecule has 3 aromatic rings. The third kappa shape index (κ3) is 5.18. The molecule has 1 amide bonds. The van der Waals surface area contributed by atoms with E-state index in [4.69, 9.17) is 9.15 Å². The van der Waals surface area contributed by atoms with E-state index >= 15 is 0 Å². The average Bonchev–Trinajstić information content (AvgIpc) is 3.30. The SMILES string of the molecule is CCc1ccc(OCc2ccc(C3C4=C(CC(C)(C)CC4=O)Nc4c(O)cccc4N3C(=O)C(C)C)o2)cc1. The normalized spacial score (nSPS) is 18.4. The van der Waals surface area contributed by atoms with Crippen LogP contribution in [0, 0.1) is 11.3 Å². The first kappa shape index (κ1) is 26.6. The number of ketones is 1. The number of fused-ring (bicyclic) bond motifs is 1. The maximum Gasteiger partial charge on any atom is 0.230 e. The van der Waals surface area contributed by atoms with E-state index in [1.165, 1.54) is 5.56 Å². The summed E-state index contributed by atoms with van der Waals surface area (Å²) in [5.41, 5.74) is 3.08. The zero-order chi connectivity index (χ0) is 27.9. The summed E-state index contributed by atoms with van der Waals surface area (Å²) in [6.45, 7) is 10.1. The van der Waals surface area contributed by atoms with Crippen molar-refractivity contribution >= 4 is 23.1 Å². The van der Waals surface area contributed by atoms with Crippen LogP contribution >= 0.6 is 0 Å². The number of rotatable bonds is 6. The van der Waals surface area contributed by atoms with Gasteiger partial charge in [0.1, 0.15) is 41.4 Å². The number of carbonyl (C=O) groups excluding carboxylic acids is 2. The number of hydrogen-bond donors (Lipinski definition) is 2. The Morgan fingerprint density at radius 2 is 1.87 bits per heavy atom. The number of carbonyl (C=O) groups is 2. The number of para-hydroxylation sites is 1. The van der Waals surface area contributed by atoms with Gasteiger partial charge in [-0.3, -0.25) is 14.5 Å². The van der Waals surface area contributed by atoms with Gasteiger partial charge < -0.3 is 19.6 Å². The molecule has 0 saturated carbocycles. The summed E-state index contributed by atoms with van der Waals surface area (Å²) in [6.07, 6.45) is 1.89. The summed E-state index contributed by atoms with van der Waals surface area (Å²) >= 11 is 0. The highest BCUT2D eigenvalue weighted by molar-refractivity contribution is 6.07. The Labute approximate surface area is 229 Å². The molecule has 0 radical (unpaired) electrons. The Morgan fingerprint density at radius 3 is 2.56 bits per heavy atom. The highest BCUT2D eigenvalue weighted by atomic mass is 16.5. The number of aryl methyl sites for hydroxylation is 1. The Morgan fingerprint density at radius 1 is 1.13 bits per heavy atom. The number of ether oxygens (including phenoxy) is 1. The number of phenolic OH excluding ortho intramolecular Hbond substituents is 1. The van der Waals surface area contributed by atoms with Crippen LogP contribution in [0.15, 0.2) is 70.3 Å². The number of allylic oxidation sites excluding steroid dienone is 1. The molecule has 39 heavy (non-hydrogen) atoms. The summed E-state index contributed by atoms with van der Waals surface area (Å²) in [4.78, 5) is 29.2. The van der Waals surface area contributed by atoms with E-state index in [0.717, 1.165) is 12.2 Å². The second-order valence-electron chi connectivity index (χ2n) is 11.5. The molecule has 1 atom stereocenters. The fourth-order valence-corrected chi connectivity index (χ4v) is 5.43.